The maximum absolute atomic E-state index is 12.4. The second-order valence-corrected chi connectivity index (χ2v) is 7.07. The number of aromatic nitrogens is 2. The summed E-state index contributed by atoms with van der Waals surface area (Å²) in [6.07, 6.45) is 11.0. The van der Waals surface area contributed by atoms with Crippen molar-refractivity contribution in [3.63, 3.8) is 0 Å². The van der Waals surface area contributed by atoms with Crippen LogP contribution in [-0.2, 0) is 0 Å². The first kappa shape index (κ1) is 19.2. The Hall–Kier alpha value is -2.61. The van der Waals surface area contributed by atoms with Gasteiger partial charge in [-0.1, -0.05) is 25.5 Å². The summed E-state index contributed by atoms with van der Waals surface area (Å²) in [6.45, 7) is 4.06. The highest BCUT2D eigenvalue weighted by Gasteiger charge is 2.23. The van der Waals surface area contributed by atoms with Crippen LogP contribution in [0, 0.1) is 0 Å². The van der Waals surface area contributed by atoms with Crippen LogP contribution < -0.4 is 11.2 Å². The summed E-state index contributed by atoms with van der Waals surface area (Å²) in [5.41, 5.74) is 1.67. The highest BCUT2D eigenvalue weighted by atomic mass is 16.3. The predicted octanol–water partition coefficient (Wildman–Crippen LogP) is 2.72. The van der Waals surface area contributed by atoms with E-state index in [2.05, 4.69) is 22.1 Å². The van der Waals surface area contributed by atoms with Gasteiger partial charge in [0.25, 0.3) is 5.91 Å². The smallest absolute Gasteiger partial charge is 0.277 e. The lowest BCUT2D eigenvalue weighted by Crippen LogP contribution is -2.40. The van der Waals surface area contributed by atoms with Crippen molar-refractivity contribution in [1.29, 1.82) is 0 Å². The van der Waals surface area contributed by atoms with Gasteiger partial charge in [0.05, 0.1) is 0 Å². The van der Waals surface area contributed by atoms with Crippen LogP contribution in [0.5, 0.6) is 0 Å². The summed E-state index contributed by atoms with van der Waals surface area (Å²) in [6, 6.07) is 3.88. The molecule has 0 bridgehead atoms. The molecule has 7 nitrogen and oxygen atoms in total. The van der Waals surface area contributed by atoms with Crippen molar-refractivity contribution in [2.45, 2.75) is 51.3 Å². The molecule has 1 aliphatic rings. The molecule has 2 aromatic heterocycles. The molecule has 0 aromatic carbocycles. The van der Waals surface area contributed by atoms with E-state index in [1.54, 1.807) is 35.7 Å². The van der Waals surface area contributed by atoms with E-state index in [9.17, 15) is 4.79 Å². The number of nitrogens with zero attached hydrogens (tertiary/aromatic N) is 3. The third-order valence-electron chi connectivity index (χ3n) is 5.13. The molecule has 2 aromatic rings. The van der Waals surface area contributed by atoms with E-state index < -0.39 is 0 Å². The fourth-order valence-electron chi connectivity index (χ4n) is 3.46. The molecule has 8 heteroatoms. The fraction of sp³-hybridized carbons (Fsp3) is 0.421. The van der Waals surface area contributed by atoms with Crippen molar-refractivity contribution in [3.8, 4) is 11.5 Å². The number of rotatable bonds is 6. The van der Waals surface area contributed by atoms with Crippen LogP contribution in [-0.4, -0.2) is 34.2 Å². The monoisotopic (exact) mass is 367 g/mol. The van der Waals surface area contributed by atoms with E-state index >= 15 is 0 Å². The van der Waals surface area contributed by atoms with Crippen molar-refractivity contribution in [2.24, 2.45) is 5.84 Å². The third-order valence-corrected chi connectivity index (χ3v) is 5.13. The van der Waals surface area contributed by atoms with Crippen LogP contribution in [0.2, 0.25) is 12.6 Å². The largest absolute Gasteiger partial charge is 0.444 e. The molecule has 1 aliphatic carbocycles. The van der Waals surface area contributed by atoms with Gasteiger partial charge in [0.2, 0.25) is 5.89 Å². The van der Waals surface area contributed by atoms with Crippen LogP contribution in [0.4, 0.5) is 0 Å². The Labute approximate surface area is 160 Å². The predicted molar refractivity (Wildman–Crippen MR) is 106 cm³/mol. The number of hydrazine groups is 1. The molecule has 0 radical (unpaired) electrons. The summed E-state index contributed by atoms with van der Waals surface area (Å²) in [4.78, 5) is 20.6. The van der Waals surface area contributed by atoms with Gasteiger partial charge in [-0.25, -0.2) is 10.8 Å². The molecule has 0 unspecified atom stereocenters. The Morgan fingerprint density at radius 1 is 1.33 bits per heavy atom. The molecule has 1 amide bonds. The number of nitrogens with one attached hydrogen (secondary N) is 1. The molecule has 0 saturated heterocycles. The number of hydrogen-bond donors (Lipinski definition) is 2. The SMILES string of the molecule is CBC1CCC(N(N)/C=C(\C)NC(=O)c2coc(-c3ccncc3)n2)CC1. The van der Waals surface area contributed by atoms with Crippen LogP contribution in [0.3, 0.4) is 0 Å². The molecule has 1 fully saturated rings. The van der Waals surface area contributed by atoms with Crippen LogP contribution in [0.1, 0.15) is 43.1 Å². The molecule has 2 heterocycles. The van der Waals surface area contributed by atoms with Crippen LogP contribution in [0.25, 0.3) is 11.5 Å². The summed E-state index contributed by atoms with van der Waals surface area (Å²) < 4.78 is 5.40. The first-order valence-corrected chi connectivity index (χ1v) is 9.45. The third kappa shape index (κ3) is 4.98. The van der Waals surface area contributed by atoms with E-state index in [1.165, 1.54) is 26.4 Å². The van der Waals surface area contributed by atoms with Crippen molar-refractivity contribution < 1.29 is 9.21 Å². The number of pyridine rings is 1. The molecule has 0 aliphatic heterocycles. The van der Waals surface area contributed by atoms with Gasteiger partial charge < -0.3 is 14.7 Å². The van der Waals surface area contributed by atoms with E-state index in [1.807, 2.05) is 6.92 Å². The topological polar surface area (TPSA) is 97.3 Å². The maximum atomic E-state index is 12.4. The van der Waals surface area contributed by atoms with E-state index in [0.717, 1.165) is 24.2 Å². The second-order valence-electron chi connectivity index (χ2n) is 7.07. The molecule has 3 N–H and O–H groups in total. The summed E-state index contributed by atoms with van der Waals surface area (Å²) >= 11 is 0. The first-order chi connectivity index (χ1) is 13.1. The molecule has 0 spiro atoms. The molecule has 1 saturated carbocycles. The Morgan fingerprint density at radius 2 is 2.04 bits per heavy atom. The zero-order valence-electron chi connectivity index (χ0n) is 15.9. The van der Waals surface area contributed by atoms with Gasteiger partial charge in [-0.05, 0) is 31.9 Å². The zero-order valence-corrected chi connectivity index (χ0v) is 15.9. The van der Waals surface area contributed by atoms with Crippen molar-refractivity contribution in [3.05, 3.63) is 48.4 Å². The normalized spacial score (nSPS) is 20.2. The summed E-state index contributed by atoms with van der Waals surface area (Å²) in [5.74, 6) is 7.08. The van der Waals surface area contributed by atoms with Crippen LogP contribution in [0.15, 0.2) is 47.1 Å². The van der Waals surface area contributed by atoms with Gasteiger partial charge in [0.15, 0.2) is 5.69 Å². The van der Waals surface area contributed by atoms with Crippen molar-refractivity contribution in [2.75, 3.05) is 0 Å². The van der Waals surface area contributed by atoms with Gasteiger partial charge in [-0.2, -0.15) is 0 Å². The minimum absolute atomic E-state index is 0.224. The Morgan fingerprint density at radius 3 is 2.70 bits per heavy atom. The number of hydrogen-bond acceptors (Lipinski definition) is 6. The van der Waals surface area contributed by atoms with E-state index in [0.29, 0.717) is 17.6 Å². The van der Waals surface area contributed by atoms with Crippen LogP contribution >= 0.6 is 0 Å². The molecule has 3 rings (SSSR count). The van der Waals surface area contributed by atoms with Gasteiger partial charge in [0, 0.05) is 35.9 Å². The zero-order chi connectivity index (χ0) is 19.2. The highest BCUT2D eigenvalue weighted by Crippen LogP contribution is 2.30. The average Bonchev–Trinajstić information content (AvgIpc) is 3.19. The molecule has 27 heavy (non-hydrogen) atoms. The summed E-state index contributed by atoms with van der Waals surface area (Å²) in [5, 5.41) is 4.55. The standard InChI is InChI=1S/C19H26BN5O2/c1-13(11-25(21)16-5-3-15(20-2)4-6-16)23-18(26)17-12-27-19(24-17)14-7-9-22-10-8-14/h7-12,15-16,20H,3-6,21H2,1-2H3,(H,23,26)/b13-11+. The fourth-order valence-corrected chi connectivity index (χ4v) is 3.46. The van der Waals surface area contributed by atoms with E-state index in [4.69, 9.17) is 10.3 Å². The Kier molecular flexibility index (Phi) is 6.29. The lowest BCUT2D eigenvalue weighted by atomic mass is 9.60. The molecule has 142 valence electrons. The number of allylic oxidation sites excluding steroid dienone is 1. The number of carbonyl (C=O) groups excluding carboxylic acids is 1. The van der Waals surface area contributed by atoms with Crippen molar-refractivity contribution in [1.82, 2.24) is 20.3 Å². The second kappa shape index (κ2) is 8.86. The first-order valence-electron chi connectivity index (χ1n) is 9.45. The number of nitrogens with two attached hydrogens (primary N) is 1. The number of oxazole rings is 1. The van der Waals surface area contributed by atoms with Gasteiger partial charge in [-0.15, -0.1) is 0 Å². The van der Waals surface area contributed by atoms with Crippen molar-refractivity contribution >= 4 is 13.2 Å². The van der Waals surface area contributed by atoms with E-state index in [-0.39, 0.29) is 11.6 Å². The summed E-state index contributed by atoms with van der Waals surface area (Å²) in [7, 11) is 1.24. The maximum Gasteiger partial charge on any atom is 0.277 e. The Bertz CT molecular complexity index is 784. The van der Waals surface area contributed by atoms with Gasteiger partial charge in [0.1, 0.15) is 13.5 Å². The highest BCUT2D eigenvalue weighted by molar-refractivity contribution is 6.35. The minimum Gasteiger partial charge on any atom is -0.444 e. The molecule has 0 atom stereocenters. The average molecular weight is 367 g/mol. The minimum atomic E-state index is -0.323. The van der Waals surface area contributed by atoms with Gasteiger partial charge >= 0.3 is 0 Å². The van der Waals surface area contributed by atoms with Gasteiger partial charge in [-0.3, -0.25) is 9.78 Å². The lowest BCUT2D eigenvalue weighted by Gasteiger charge is -2.33. The number of amides is 1. The quantitative estimate of drug-likeness (QED) is 0.463. The number of carbonyl (C=O) groups is 1. The Balaban J connectivity index is 1.57. The molecular formula is C19H26BN5O2. The lowest BCUT2D eigenvalue weighted by molar-refractivity contribution is 0.0959. The molecular weight excluding hydrogens is 341 g/mol.